The molecule has 3 nitrogen and oxygen atoms in total. The molecule has 0 bridgehead atoms. The van der Waals surface area contributed by atoms with Crippen molar-refractivity contribution in [3.05, 3.63) is 34.9 Å². The monoisotopic (exact) mass is 232 g/mol. The molecule has 0 radical (unpaired) electrons. The lowest BCUT2D eigenvalue weighted by Gasteiger charge is -2.23. The summed E-state index contributed by atoms with van der Waals surface area (Å²) in [5.74, 6) is 0.175. The van der Waals surface area contributed by atoms with Crippen molar-refractivity contribution in [2.75, 3.05) is 6.54 Å². The Kier molecular flexibility index (Phi) is 3.79. The van der Waals surface area contributed by atoms with Crippen LogP contribution in [-0.2, 0) is 11.3 Å². The molecule has 0 aromatic heterocycles. The molecule has 1 heterocycles. The first kappa shape index (κ1) is 12.1. The van der Waals surface area contributed by atoms with Crippen LogP contribution in [0.15, 0.2) is 18.2 Å². The first-order valence-corrected chi connectivity index (χ1v) is 6.21. The minimum atomic E-state index is 0.175. The average Bonchev–Trinajstić information content (AvgIpc) is 2.27. The molecule has 1 saturated heterocycles. The van der Waals surface area contributed by atoms with Gasteiger partial charge in [-0.3, -0.25) is 4.79 Å². The zero-order valence-corrected chi connectivity index (χ0v) is 10.5. The van der Waals surface area contributed by atoms with E-state index in [1.165, 1.54) is 16.7 Å². The molecule has 0 saturated carbocycles. The van der Waals surface area contributed by atoms with E-state index in [4.69, 9.17) is 0 Å². The maximum absolute atomic E-state index is 11.0. The number of aryl methyl sites for hydroxylation is 2. The number of benzene rings is 1. The lowest BCUT2D eigenvalue weighted by molar-refractivity contribution is -0.122. The second-order valence-electron chi connectivity index (χ2n) is 4.92. The van der Waals surface area contributed by atoms with Crippen LogP contribution in [0.3, 0.4) is 0 Å². The van der Waals surface area contributed by atoms with Gasteiger partial charge < -0.3 is 10.6 Å². The number of hydrogen-bond donors (Lipinski definition) is 2. The molecule has 0 aliphatic carbocycles. The van der Waals surface area contributed by atoms with Gasteiger partial charge in [-0.05, 0) is 25.8 Å². The van der Waals surface area contributed by atoms with E-state index in [2.05, 4.69) is 42.7 Å². The van der Waals surface area contributed by atoms with Crippen molar-refractivity contribution in [1.82, 2.24) is 10.6 Å². The Hall–Kier alpha value is -1.35. The topological polar surface area (TPSA) is 41.1 Å². The van der Waals surface area contributed by atoms with Gasteiger partial charge in [0.1, 0.15) is 0 Å². The van der Waals surface area contributed by atoms with Gasteiger partial charge in [0.25, 0.3) is 0 Å². The molecule has 1 atom stereocenters. The summed E-state index contributed by atoms with van der Waals surface area (Å²) < 4.78 is 0. The zero-order valence-electron chi connectivity index (χ0n) is 10.5. The summed E-state index contributed by atoms with van der Waals surface area (Å²) in [6.07, 6.45) is 1.58. The van der Waals surface area contributed by atoms with Crippen molar-refractivity contribution in [1.29, 1.82) is 0 Å². The molecule has 1 unspecified atom stereocenters. The van der Waals surface area contributed by atoms with Gasteiger partial charge >= 0.3 is 0 Å². The first-order valence-electron chi connectivity index (χ1n) is 6.21. The third kappa shape index (κ3) is 3.56. The van der Waals surface area contributed by atoms with Crippen molar-refractivity contribution in [2.24, 2.45) is 0 Å². The summed E-state index contributed by atoms with van der Waals surface area (Å²) in [6, 6.07) is 7.01. The molecule has 2 rings (SSSR count). The first-order chi connectivity index (χ1) is 8.13. The van der Waals surface area contributed by atoms with Crippen molar-refractivity contribution in [3.8, 4) is 0 Å². The van der Waals surface area contributed by atoms with Crippen molar-refractivity contribution in [3.63, 3.8) is 0 Å². The largest absolute Gasteiger partial charge is 0.355 e. The van der Waals surface area contributed by atoms with E-state index in [9.17, 15) is 4.79 Å². The van der Waals surface area contributed by atoms with E-state index in [1.807, 2.05) is 0 Å². The summed E-state index contributed by atoms with van der Waals surface area (Å²) >= 11 is 0. The molecule has 17 heavy (non-hydrogen) atoms. The van der Waals surface area contributed by atoms with Gasteiger partial charge in [0.05, 0.1) is 0 Å². The summed E-state index contributed by atoms with van der Waals surface area (Å²) in [5, 5.41) is 6.39. The fraction of sp³-hybridized carbons (Fsp3) is 0.500. The fourth-order valence-electron chi connectivity index (χ4n) is 2.34. The number of nitrogens with one attached hydrogen (secondary N) is 2. The molecule has 1 aromatic carbocycles. The van der Waals surface area contributed by atoms with Gasteiger partial charge in [-0.1, -0.05) is 29.3 Å². The highest BCUT2D eigenvalue weighted by atomic mass is 16.1. The Bertz CT molecular complexity index is 384. The molecular formula is C14H20N2O. The Labute approximate surface area is 103 Å². The van der Waals surface area contributed by atoms with E-state index in [-0.39, 0.29) is 5.91 Å². The van der Waals surface area contributed by atoms with Gasteiger partial charge in [-0.2, -0.15) is 0 Å². The lowest BCUT2D eigenvalue weighted by Crippen LogP contribution is -2.45. The van der Waals surface area contributed by atoms with Crippen molar-refractivity contribution in [2.45, 2.75) is 39.3 Å². The van der Waals surface area contributed by atoms with E-state index in [1.54, 1.807) is 0 Å². The predicted octanol–water partition coefficient (Wildman–Crippen LogP) is 1.67. The molecule has 1 aliphatic heterocycles. The lowest BCUT2D eigenvalue weighted by atomic mass is 10.0. The van der Waals surface area contributed by atoms with Crippen LogP contribution in [0.25, 0.3) is 0 Å². The van der Waals surface area contributed by atoms with Crippen LogP contribution in [0, 0.1) is 13.8 Å². The molecule has 92 valence electrons. The van der Waals surface area contributed by atoms with Crippen LogP contribution in [-0.4, -0.2) is 18.5 Å². The van der Waals surface area contributed by atoms with E-state index in [0.29, 0.717) is 12.5 Å². The van der Waals surface area contributed by atoms with Gasteiger partial charge in [0.15, 0.2) is 0 Å². The fourth-order valence-corrected chi connectivity index (χ4v) is 2.34. The average molecular weight is 232 g/mol. The van der Waals surface area contributed by atoms with Gasteiger partial charge in [0, 0.05) is 25.6 Å². The van der Waals surface area contributed by atoms with E-state index >= 15 is 0 Å². The van der Waals surface area contributed by atoms with Gasteiger partial charge in [-0.15, -0.1) is 0 Å². The number of carbonyl (C=O) groups is 1. The van der Waals surface area contributed by atoms with Crippen LogP contribution in [0.2, 0.25) is 0 Å². The normalized spacial score (nSPS) is 20.1. The molecule has 1 amide bonds. The molecule has 2 N–H and O–H groups in total. The second-order valence-corrected chi connectivity index (χ2v) is 4.92. The SMILES string of the molecule is Cc1cc(C)cc(CNC2CCC(=O)NC2)c1. The maximum Gasteiger partial charge on any atom is 0.220 e. The van der Waals surface area contributed by atoms with Crippen LogP contribution >= 0.6 is 0 Å². The molecule has 3 heteroatoms. The number of amides is 1. The third-order valence-electron chi connectivity index (χ3n) is 3.14. The number of rotatable bonds is 3. The number of carbonyl (C=O) groups excluding carboxylic acids is 1. The quantitative estimate of drug-likeness (QED) is 0.832. The Morgan fingerprint density at radius 1 is 1.29 bits per heavy atom. The highest BCUT2D eigenvalue weighted by molar-refractivity contribution is 5.76. The maximum atomic E-state index is 11.0. The van der Waals surface area contributed by atoms with Crippen molar-refractivity contribution < 1.29 is 4.79 Å². The van der Waals surface area contributed by atoms with Crippen LogP contribution in [0.4, 0.5) is 0 Å². The van der Waals surface area contributed by atoms with E-state index in [0.717, 1.165) is 19.5 Å². The Morgan fingerprint density at radius 3 is 2.59 bits per heavy atom. The minimum absolute atomic E-state index is 0.175. The highest BCUT2D eigenvalue weighted by Gasteiger charge is 2.16. The summed E-state index contributed by atoms with van der Waals surface area (Å²) in [4.78, 5) is 11.0. The molecule has 1 aromatic rings. The predicted molar refractivity (Wildman–Crippen MR) is 68.8 cm³/mol. The minimum Gasteiger partial charge on any atom is -0.355 e. The van der Waals surface area contributed by atoms with Crippen LogP contribution < -0.4 is 10.6 Å². The zero-order chi connectivity index (χ0) is 12.3. The molecular weight excluding hydrogens is 212 g/mol. The van der Waals surface area contributed by atoms with Crippen LogP contribution in [0.1, 0.15) is 29.5 Å². The van der Waals surface area contributed by atoms with Gasteiger partial charge in [0.2, 0.25) is 5.91 Å². The summed E-state index contributed by atoms with van der Waals surface area (Å²) in [5.41, 5.74) is 3.93. The molecule has 0 spiro atoms. The smallest absolute Gasteiger partial charge is 0.220 e. The number of piperidine rings is 1. The number of hydrogen-bond acceptors (Lipinski definition) is 2. The molecule has 1 aliphatic rings. The Balaban J connectivity index is 1.87. The summed E-state index contributed by atoms with van der Waals surface area (Å²) in [6.45, 7) is 5.88. The highest BCUT2D eigenvalue weighted by Crippen LogP contribution is 2.10. The van der Waals surface area contributed by atoms with Gasteiger partial charge in [-0.25, -0.2) is 0 Å². The molecule has 1 fully saturated rings. The second kappa shape index (κ2) is 5.32. The summed E-state index contributed by atoms with van der Waals surface area (Å²) in [7, 11) is 0. The van der Waals surface area contributed by atoms with Crippen molar-refractivity contribution >= 4 is 5.91 Å². The van der Waals surface area contributed by atoms with E-state index < -0.39 is 0 Å². The third-order valence-corrected chi connectivity index (χ3v) is 3.14. The standard InChI is InChI=1S/C14H20N2O/c1-10-5-11(2)7-12(6-10)8-15-13-3-4-14(17)16-9-13/h5-7,13,15H,3-4,8-9H2,1-2H3,(H,16,17). The van der Waals surface area contributed by atoms with Crippen LogP contribution in [0.5, 0.6) is 0 Å². The Morgan fingerprint density at radius 2 is 2.00 bits per heavy atom.